The monoisotopic (exact) mass is 311 g/mol. The lowest BCUT2D eigenvalue weighted by molar-refractivity contribution is -0.386. The van der Waals surface area contributed by atoms with E-state index in [-0.39, 0.29) is 23.5 Å². The Morgan fingerprint density at radius 3 is 2.70 bits per heavy atom. The standard InChI is InChI=1S/C12H9N3O3S.ClH/c13-6-7-4-8(11(14)10-2-1-3-19-10)12(16)9(5-7)15(17)18;/h1-5,11,16H,14H2;1H/t11-;/m0./s1. The lowest BCUT2D eigenvalue weighted by Gasteiger charge is -2.12. The van der Waals surface area contributed by atoms with Crippen LogP contribution in [0.1, 0.15) is 22.0 Å². The number of nitriles is 1. The zero-order chi connectivity index (χ0) is 14.0. The third-order valence-corrected chi connectivity index (χ3v) is 3.59. The summed E-state index contributed by atoms with van der Waals surface area (Å²) in [6, 6.07) is 7.07. The van der Waals surface area contributed by atoms with Crippen LogP contribution in [0.5, 0.6) is 5.75 Å². The molecule has 0 saturated heterocycles. The molecule has 104 valence electrons. The largest absolute Gasteiger partial charge is 0.502 e. The molecule has 1 heterocycles. The van der Waals surface area contributed by atoms with Gasteiger partial charge in [-0.25, -0.2) is 0 Å². The summed E-state index contributed by atoms with van der Waals surface area (Å²) in [4.78, 5) is 10.9. The number of nitro benzene ring substituents is 1. The minimum atomic E-state index is -0.735. The SMILES string of the molecule is Cl.N#Cc1cc([C@H](N)c2cccs2)c(O)c([N+](=O)[O-])c1. The molecule has 2 aromatic rings. The summed E-state index contributed by atoms with van der Waals surface area (Å²) in [5.41, 5.74) is 5.72. The van der Waals surface area contributed by atoms with Crippen molar-refractivity contribution in [3.05, 3.63) is 55.8 Å². The number of hydrogen-bond acceptors (Lipinski definition) is 6. The number of phenolic OH excluding ortho intramolecular Hbond substituents is 1. The van der Waals surface area contributed by atoms with Gasteiger partial charge in [-0.3, -0.25) is 10.1 Å². The van der Waals surface area contributed by atoms with E-state index >= 15 is 0 Å². The molecule has 0 aliphatic heterocycles. The molecule has 0 radical (unpaired) electrons. The molecule has 0 saturated carbocycles. The lowest BCUT2D eigenvalue weighted by Crippen LogP contribution is -2.11. The van der Waals surface area contributed by atoms with E-state index < -0.39 is 22.4 Å². The summed E-state index contributed by atoms with van der Waals surface area (Å²) in [5, 5.41) is 31.5. The maximum Gasteiger partial charge on any atom is 0.312 e. The number of halogens is 1. The first-order valence-corrected chi connectivity index (χ1v) is 6.13. The molecule has 0 unspecified atom stereocenters. The second-order valence-electron chi connectivity index (χ2n) is 3.80. The summed E-state index contributed by atoms with van der Waals surface area (Å²) < 4.78 is 0. The molecule has 2 rings (SSSR count). The highest BCUT2D eigenvalue weighted by Crippen LogP contribution is 2.37. The van der Waals surface area contributed by atoms with E-state index in [1.165, 1.54) is 17.4 Å². The highest BCUT2D eigenvalue weighted by Gasteiger charge is 2.23. The predicted molar refractivity (Wildman–Crippen MR) is 77.1 cm³/mol. The third-order valence-electron chi connectivity index (χ3n) is 2.63. The van der Waals surface area contributed by atoms with Crippen molar-refractivity contribution in [2.45, 2.75) is 6.04 Å². The van der Waals surface area contributed by atoms with Gasteiger partial charge in [0.15, 0.2) is 5.75 Å². The highest BCUT2D eigenvalue weighted by molar-refractivity contribution is 7.10. The summed E-state index contributed by atoms with van der Waals surface area (Å²) >= 11 is 1.37. The number of nitro groups is 1. The maximum absolute atomic E-state index is 10.8. The molecule has 20 heavy (non-hydrogen) atoms. The minimum Gasteiger partial charge on any atom is -0.502 e. The summed E-state index contributed by atoms with van der Waals surface area (Å²) in [6.45, 7) is 0. The fraction of sp³-hybridized carbons (Fsp3) is 0.0833. The number of aromatic hydroxyl groups is 1. The van der Waals surface area contributed by atoms with Crippen molar-refractivity contribution >= 4 is 29.4 Å². The van der Waals surface area contributed by atoms with Gasteiger partial charge in [-0.1, -0.05) is 6.07 Å². The van der Waals surface area contributed by atoms with Gasteiger partial charge < -0.3 is 10.8 Å². The van der Waals surface area contributed by atoms with E-state index in [0.29, 0.717) is 0 Å². The first kappa shape index (κ1) is 15.9. The van der Waals surface area contributed by atoms with Crippen LogP contribution >= 0.6 is 23.7 Å². The van der Waals surface area contributed by atoms with Crippen LogP contribution < -0.4 is 5.73 Å². The van der Waals surface area contributed by atoms with Gasteiger partial charge in [-0.15, -0.1) is 23.7 Å². The normalized spacial score (nSPS) is 11.2. The van der Waals surface area contributed by atoms with Gasteiger partial charge in [-0.2, -0.15) is 5.26 Å². The average molecular weight is 312 g/mol. The Balaban J connectivity index is 0.00000200. The summed E-state index contributed by atoms with van der Waals surface area (Å²) in [5.74, 6) is -0.495. The van der Waals surface area contributed by atoms with Crippen LogP contribution in [0.15, 0.2) is 29.6 Å². The van der Waals surface area contributed by atoms with Gasteiger partial charge in [0.05, 0.1) is 22.6 Å². The van der Waals surface area contributed by atoms with Crippen LogP contribution in [0.4, 0.5) is 5.69 Å². The third kappa shape index (κ3) is 2.88. The Bertz CT molecular complexity index is 667. The molecule has 0 aliphatic rings. The number of phenols is 1. The van der Waals surface area contributed by atoms with E-state index in [0.717, 1.165) is 10.9 Å². The van der Waals surface area contributed by atoms with Crippen molar-refractivity contribution in [1.82, 2.24) is 0 Å². The van der Waals surface area contributed by atoms with Gasteiger partial charge >= 0.3 is 5.69 Å². The zero-order valence-corrected chi connectivity index (χ0v) is 11.6. The number of benzene rings is 1. The Kier molecular flexibility index (Phi) is 5.05. The fourth-order valence-electron chi connectivity index (χ4n) is 1.70. The molecule has 0 aliphatic carbocycles. The fourth-order valence-corrected chi connectivity index (χ4v) is 2.45. The topological polar surface area (TPSA) is 113 Å². The summed E-state index contributed by atoms with van der Waals surface area (Å²) in [7, 11) is 0. The smallest absolute Gasteiger partial charge is 0.312 e. The molecule has 8 heteroatoms. The van der Waals surface area contributed by atoms with E-state index in [1.54, 1.807) is 12.1 Å². The second-order valence-corrected chi connectivity index (χ2v) is 4.77. The van der Waals surface area contributed by atoms with Crippen molar-refractivity contribution in [2.24, 2.45) is 5.73 Å². The lowest BCUT2D eigenvalue weighted by atomic mass is 10.0. The van der Waals surface area contributed by atoms with E-state index in [9.17, 15) is 15.2 Å². The van der Waals surface area contributed by atoms with Crippen molar-refractivity contribution in [2.75, 3.05) is 0 Å². The maximum atomic E-state index is 10.8. The first-order valence-electron chi connectivity index (χ1n) is 5.25. The molecule has 6 nitrogen and oxygen atoms in total. The van der Waals surface area contributed by atoms with Crippen LogP contribution in [0.25, 0.3) is 0 Å². The van der Waals surface area contributed by atoms with Gasteiger partial charge in [-0.05, 0) is 17.5 Å². The molecule has 0 spiro atoms. The van der Waals surface area contributed by atoms with E-state index in [2.05, 4.69) is 0 Å². The zero-order valence-electron chi connectivity index (χ0n) is 10.0. The Hall–Kier alpha value is -2.14. The average Bonchev–Trinajstić information content (AvgIpc) is 2.91. The molecule has 1 aromatic heterocycles. The molecular formula is C12H10ClN3O3S. The first-order chi connectivity index (χ1) is 9.04. The van der Waals surface area contributed by atoms with Crippen molar-refractivity contribution in [3.8, 4) is 11.8 Å². The van der Waals surface area contributed by atoms with Crippen LogP contribution in [-0.2, 0) is 0 Å². The van der Waals surface area contributed by atoms with Crippen LogP contribution in [0, 0.1) is 21.4 Å². The molecule has 3 N–H and O–H groups in total. The van der Waals surface area contributed by atoms with Crippen LogP contribution in [-0.4, -0.2) is 10.0 Å². The molecule has 1 aromatic carbocycles. The van der Waals surface area contributed by atoms with Crippen LogP contribution in [0.3, 0.4) is 0 Å². The van der Waals surface area contributed by atoms with Crippen LogP contribution in [0.2, 0.25) is 0 Å². The van der Waals surface area contributed by atoms with Crippen molar-refractivity contribution in [1.29, 1.82) is 5.26 Å². The number of rotatable bonds is 3. The Labute approximate surface area is 124 Å². The Morgan fingerprint density at radius 2 is 2.20 bits per heavy atom. The highest BCUT2D eigenvalue weighted by atomic mass is 35.5. The molecule has 0 amide bonds. The number of nitrogens with two attached hydrogens (primary N) is 1. The Morgan fingerprint density at radius 1 is 1.50 bits per heavy atom. The van der Waals surface area contributed by atoms with Gasteiger partial charge in [0.25, 0.3) is 0 Å². The number of thiophene rings is 1. The van der Waals surface area contributed by atoms with E-state index in [1.807, 2.05) is 11.4 Å². The predicted octanol–water partition coefficient (Wildman–Crippen LogP) is 2.70. The van der Waals surface area contributed by atoms with Crippen molar-refractivity contribution in [3.63, 3.8) is 0 Å². The van der Waals surface area contributed by atoms with Gasteiger partial charge in [0.2, 0.25) is 0 Å². The number of hydrogen-bond donors (Lipinski definition) is 2. The number of nitrogens with zero attached hydrogens (tertiary/aromatic N) is 2. The van der Waals surface area contributed by atoms with Gasteiger partial charge in [0.1, 0.15) is 0 Å². The molecule has 0 fully saturated rings. The quantitative estimate of drug-likeness (QED) is 0.668. The summed E-state index contributed by atoms with van der Waals surface area (Å²) in [6.07, 6.45) is 0. The molecular weight excluding hydrogens is 302 g/mol. The van der Waals surface area contributed by atoms with Gasteiger partial charge in [0, 0.05) is 16.5 Å². The molecule has 1 atom stereocenters. The van der Waals surface area contributed by atoms with Crippen molar-refractivity contribution < 1.29 is 10.0 Å². The van der Waals surface area contributed by atoms with E-state index in [4.69, 9.17) is 11.0 Å². The second kappa shape index (κ2) is 6.34. The molecule has 0 bridgehead atoms. The minimum absolute atomic E-state index is 0.